The number of carbonyl (C=O) groups is 1. The highest BCUT2D eigenvalue weighted by Gasteiger charge is 2.15. The van der Waals surface area contributed by atoms with Gasteiger partial charge in [-0.25, -0.2) is 17.9 Å². The molecule has 29 heavy (non-hydrogen) atoms. The van der Waals surface area contributed by atoms with Crippen LogP contribution in [0.2, 0.25) is 0 Å². The fourth-order valence-corrected chi connectivity index (χ4v) is 3.66. The second-order valence-corrected chi connectivity index (χ2v) is 8.38. The van der Waals surface area contributed by atoms with Gasteiger partial charge in [0.1, 0.15) is 11.6 Å². The van der Waals surface area contributed by atoms with Gasteiger partial charge in [0.15, 0.2) is 5.65 Å². The number of fused-ring (bicyclic) bond motifs is 1. The summed E-state index contributed by atoms with van der Waals surface area (Å²) < 4.78 is 27.0. The number of aromatic nitrogens is 3. The summed E-state index contributed by atoms with van der Waals surface area (Å²) in [6.07, 6.45) is 3.12. The normalized spacial score (nSPS) is 11.2. The van der Waals surface area contributed by atoms with Crippen molar-refractivity contribution in [1.82, 2.24) is 14.6 Å². The number of aryl methyl sites for hydroxylation is 2. The molecule has 2 heterocycles. The van der Waals surface area contributed by atoms with Gasteiger partial charge in [-0.15, -0.1) is 0 Å². The maximum Gasteiger partial charge on any atom is 0.229 e. The SMILES string of the molecule is Cc1nc2c(C#N)cnn2c(C)c1CCC(=O)Nc1ccccc1NS(C)(=O)=O. The number of sulfonamides is 1. The van der Waals surface area contributed by atoms with Crippen LogP contribution in [0.15, 0.2) is 30.5 Å². The number of nitrogens with one attached hydrogen (secondary N) is 2. The van der Waals surface area contributed by atoms with Crippen molar-refractivity contribution in [1.29, 1.82) is 5.26 Å². The van der Waals surface area contributed by atoms with E-state index >= 15 is 0 Å². The van der Waals surface area contributed by atoms with Crippen molar-refractivity contribution in [2.24, 2.45) is 0 Å². The van der Waals surface area contributed by atoms with Crippen molar-refractivity contribution in [3.8, 4) is 6.07 Å². The Balaban J connectivity index is 1.76. The second-order valence-electron chi connectivity index (χ2n) is 6.63. The molecule has 150 valence electrons. The average molecular weight is 412 g/mol. The highest BCUT2D eigenvalue weighted by Crippen LogP contribution is 2.23. The fraction of sp³-hybridized carbons (Fsp3) is 0.263. The zero-order chi connectivity index (χ0) is 21.2. The van der Waals surface area contributed by atoms with Crippen molar-refractivity contribution in [2.45, 2.75) is 26.7 Å². The van der Waals surface area contributed by atoms with Crippen LogP contribution in [0, 0.1) is 25.2 Å². The van der Waals surface area contributed by atoms with Gasteiger partial charge in [-0.1, -0.05) is 12.1 Å². The van der Waals surface area contributed by atoms with Gasteiger partial charge >= 0.3 is 0 Å². The predicted molar refractivity (Wildman–Crippen MR) is 109 cm³/mol. The highest BCUT2D eigenvalue weighted by atomic mass is 32.2. The third kappa shape index (κ3) is 4.52. The van der Waals surface area contributed by atoms with Crippen LogP contribution in [-0.2, 0) is 21.2 Å². The van der Waals surface area contributed by atoms with Gasteiger partial charge in [-0.2, -0.15) is 10.4 Å². The van der Waals surface area contributed by atoms with Crippen LogP contribution < -0.4 is 10.0 Å². The molecule has 0 radical (unpaired) electrons. The number of nitrogens with zero attached hydrogens (tertiary/aromatic N) is 4. The summed E-state index contributed by atoms with van der Waals surface area (Å²) in [5, 5.41) is 16.1. The van der Waals surface area contributed by atoms with Crippen LogP contribution in [0.3, 0.4) is 0 Å². The molecule has 0 unspecified atom stereocenters. The number of hydrogen-bond acceptors (Lipinski definition) is 6. The first kappa shape index (κ1) is 20.3. The Hall–Kier alpha value is -3.45. The van der Waals surface area contributed by atoms with Gasteiger partial charge in [0.05, 0.1) is 23.8 Å². The van der Waals surface area contributed by atoms with Crippen LogP contribution in [0.1, 0.15) is 28.9 Å². The van der Waals surface area contributed by atoms with E-state index in [9.17, 15) is 13.2 Å². The molecule has 1 aromatic carbocycles. The lowest BCUT2D eigenvalue weighted by Crippen LogP contribution is -2.17. The van der Waals surface area contributed by atoms with Gasteiger partial charge in [0.2, 0.25) is 15.9 Å². The van der Waals surface area contributed by atoms with E-state index in [4.69, 9.17) is 5.26 Å². The van der Waals surface area contributed by atoms with Crippen molar-refractivity contribution >= 4 is 33.0 Å². The quantitative estimate of drug-likeness (QED) is 0.638. The molecular weight excluding hydrogens is 392 g/mol. The molecule has 10 heteroatoms. The first-order chi connectivity index (χ1) is 13.7. The van der Waals surface area contributed by atoms with Crippen LogP contribution >= 0.6 is 0 Å². The predicted octanol–water partition coefficient (Wildman–Crippen LogP) is 2.16. The third-order valence-electron chi connectivity index (χ3n) is 4.43. The molecule has 0 aliphatic heterocycles. The number of benzene rings is 1. The number of anilines is 2. The van der Waals surface area contributed by atoms with Gasteiger partial charge in [-0.3, -0.25) is 9.52 Å². The maximum absolute atomic E-state index is 12.5. The summed E-state index contributed by atoms with van der Waals surface area (Å²) in [6.45, 7) is 3.70. The first-order valence-electron chi connectivity index (χ1n) is 8.80. The molecule has 0 bridgehead atoms. The molecule has 3 aromatic rings. The smallest absolute Gasteiger partial charge is 0.229 e. The van der Waals surface area contributed by atoms with Crippen LogP contribution in [-0.4, -0.2) is 35.2 Å². The molecule has 3 rings (SSSR count). The van der Waals surface area contributed by atoms with Crippen molar-refractivity contribution < 1.29 is 13.2 Å². The van der Waals surface area contributed by atoms with E-state index in [0.29, 0.717) is 29.0 Å². The van der Waals surface area contributed by atoms with E-state index in [2.05, 4.69) is 26.2 Å². The first-order valence-corrected chi connectivity index (χ1v) is 10.7. The van der Waals surface area contributed by atoms with E-state index < -0.39 is 10.0 Å². The lowest BCUT2D eigenvalue weighted by atomic mass is 10.1. The zero-order valence-electron chi connectivity index (χ0n) is 16.2. The van der Waals surface area contributed by atoms with Gasteiger partial charge in [-0.05, 0) is 38.0 Å². The topological polar surface area (TPSA) is 129 Å². The van der Waals surface area contributed by atoms with Crippen LogP contribution in [0.25, 0.3) is 5.65 Å². The number of hydrogen-bond donors (Lipinski definition) is 2. The Morgan fingerprint density at radius 2 is 1.93 bits per heavy atom. The van der Waals surface area contributed by atoms with Gasteiger partial charge < -0.3 is 5.32 Å². The fourth-order valence-electron chi connectivity index (χ4n) is 3.08. The Kier molecular flexibility index (Phi) is 5.52. The largest absolute Gasteiger partial charge is 0.324 e. The average Bonchev–Trinajstić information content (AvgIpc) is 3.05. The summed E-state index contributed by atoms with van der Waals surface area (Å²) in [5.41, 5.74) is 4.02. The molecule has 9 nitrogen and oxygen atoms in total. The molecular formula is C19H20N6O3S. The van der Waals surface area contributed by atoms with E-state index in [1.165, 1.54) is 6.20 Å². The maximum atomic E-state index is 12.5. The molecule has 2 aromatic heterocycles. The van der Waals surface area contributed by atoms with E-state index in [0.717, 1.165) is 23.2 Å². The number of rotatable bonds is 6. The molecule has 1 amide bonds. The summed E-state index contributed by atoms with van der Waals surface area (Å²) in [7, 11) is -3.47. The molecule has 0 spiro atoms. The highest BCUT2D eigenvalue weighted by molar-refractivity contribution is 7.92. The van der Waals surface area contributed by atoms with E-state index in [-0.39, 0.29) is 12.3 Å². The second kappa shape index (κ2) is 7.89. The minimum Gasteiger partial charge on any atom is -0.324 e. The van der Waals surface area contributed by atoms with Crippen LogP contribution in [0.5, 0.6) is 0 Å². The molecule has 0 fully saturated rings. The Morgan fingerprint density at radius 3 is 2.59 bits per heavy atom. The number of nitriles is 1. The lowest BCUT2D eigenvalue weighted by Gasteiger charge is -2.13. The standard InChI is InChI=1S/C19H20N6O3S/c1-12-15(13(2)25-19(22-12)14(10-20)11-21-25)8-9-18(26)23-16-6-4-5-7-17(16)24-29(3,27)28/h4-7,11,24H,8-9H2,1-3H3,(H,23,26). The minimum atomic E-state index is -3.47. The number of para-hydroxylation sites is 2. The van der Waals surface area contributed by atoms with Gasteiger partial charge in [0, 0.05) is 17.8 Å². The Labute approximate surface area is 168 Å². The molecule has 0 aliphatic rings. The summed E-state index contributed by atoms with van der Waals surface area (Å²) >= 11 is 0. The monoisotopic (exact) mass is 412 g/mol. The number of amides is 1. The molecule has 0 saturated heterocycles. The number of carbonyl (C=O) groups excluding carboxylic acids is 1. The Morgan fingerprint density at radius 1 is 1.24 bits per heavy atom. The molecule has 2 N–H and O–H groups in total. The van der Waals surface area contributed by atoms with Crippen molar-refractivity contribution in [3.05, 3.63) is 53.0 Å². The minimum absolute atomic E-state index is 0.175. The molecule has 0 saturated carbocycles. The lowest BCUT2D eigenvalue weighted by molar-refractivity contribution is -0.116. The zero-order valence-corrected chi connectivity index (χ0v) is 17.0. The summed E-state index contributed by atoms with van der Waals surface area (Å²) in [5.74, 6) is -0.259. The molecule has 0 atom stereocenters. The van der Waals surface area contributed by atoms with Gasteiger partial charge in [0.25, 0.3) is 0 Å². The summed E-state index contributed by atoms with van der Waals surface area (Å²) in [4.78, 5) is 16.9. The third-order valence-corrected chi connectivity index (χ3v) is 5.02. The summed E-state index contributed by atoms with van der Waals surface area (Å²) in [6, 6.07) is 8.65. The van der Waals surface area contributed by atoms with E-state index in [1.54, 1.807) is 28.8 Å². The van der Waals surface area contributed by atoms with E-state index in [1.807, 2.05) is 13.8 Å². The van der Waals surface area contributed by atoms with Crippen molar-refractivity contribution in [3.63, 3.8) is 0 Å². The van der Waals surface area contributed by atoms with Crippen molar-refractivity contribution in [2.75, 3.05) is 16.3 Å². The molecule has 0 aliphatic carbocycles. The van der Waals surface area contributed by atoms with Crippen LogP contribution in [0.4, 0.5) is 11.4 Å². The Bertz CT molecular complexity index is 1240.